The number of rotatable bonds is 2. The van der Waals surface area contributed by atoms with Gasteiger partial charge in [0.1, 0.15) is 0 Å². The molecule has 1 N–H and O–H groups in total. The Balaban J connectivity index is 2.12. The topological polar surface area (TPSA) is 41.0 Å². The highest BCUT2D eigenvalue weighted by molar-refractivity contribution is 5.35. The molecule has 1 aliphatic rings. The molecule has 0 amide bonds. The SMILES string of the molecule is CN(C)c1ccc([C@@H]2CCCN2)nn1. The molecule has 0 aliphatic carbocycles. The summed E-state index contributed by atoms with van der Waals surface area (Å²) in [6, 6.07) is 4.49. The first-order chi connectivity index (χ1) is 6.77. The van der Waals surface area contributed by atoms with Gasteiger partial charge >= 0.3 is 0 Å². The molecule has 0 aromatic carbocycles. The van der Waals surface area contributed by atoms with Gasteiger partial charge in [-0.3, -0.25) is 0 Å². The quantitative estimate of drug-likeness (QED) is 0.758. The second-order valence-electron chi connectivity index (χ2n) is 3.86. The molecule has 14 heavy (non-hydrogen) atoms. The smallest absolute Gasteiger partial charge is 0.150 e. The van der Waals surface area contributed by atoms with Gasteiger partial charge in [-0.1, -0.05) is 0 Å². The molecule has 1 fully saturated rings. The summed E-state index contributed by atoms with van der Waals surface area (Å²) in [5, 5.41) is 11.8. The van der Waals surface area contributed by atoms with Crippen LogP contribution in [0.4, 0.5) is 5.82 Å². The molecule has 2 heterocycles. The fraction of sp³-hybridized carbons (Fsp3) is 0.600. The van der Waals surface area contributed by atoms with E-state index in [-0.39, 0.29) is 0 Å². The lowest BCUT2D eigenvalue weighted by molar-refractivity contribution is 0.616. The van der Waals surface area contributed by atoms with E-state index >= 15 is 0 Å². The van der Waals surface area contributed by atoms with E-state index in [1.807, 2.05) is 25.1 Å². The van der Waals surface area contributed by atoms with Crippen molar-refractivity contribution in [2.45, 2.75) is 18.9 Å². The zero-order chi connectivity index (χ0) is 9.97. The first-order valence-corrected chi connectivity index (χ1v) is 5.02. The van der Waals surface area contributed by atoms with Crippen molar-refractivity contribution >= 4 is 5.82 Å². The summed E-state index contributed by atoms with van der Waals surface area (Å²) in [6.45, 7) is 1.10. The van der Waals surface area contributed by atoms with E-state index < -0.39 is 0 Å². The van der Waals surface area contributed by atoms with Crippen LogP contribution in [-0.4, -0.2) is 30.8 Å². The third-order valence-corrected chi connectivity index (χ3v) is 2.55. The van der Waals surface area contributed by atoms with Gasteiger partial charge in [0.05, 0.1) is 11.7 Å². The highest BCUT2D eigenvalue weighted by Crippen LogP contribution is 2.21. The van der Waals surface area contributed by atoms with Gasteiger partial charge in [0.2, 0.25) is 0 Å². The molecule has 0 spiro atoms. The zero-order valence-corrected chi connectivity index (χ0v) is 8.70. The molecular formula is C10H16N4. The Hall–Kier alpha value is -1.16. The second kappa shape index (κ2) is 3.92. The summed E-state index contributed by atoms with van der Waals surface area (Å²) in [5.74, 6) is 0.909. The van der Waals surface area contributed by atoms with Crippen LogP contribution in [0.2, 0.25) is 0 Å². The van der Waals surface area contributed by atoms with Crippen LogP contribution in [0.5, 0.6) is 0 Å². The molecule has 0 bridgehead atoms. The minimum atomic E-state index is 0.415. The first kappa shape index (κ1) is 9.40. The van der Waals surface area contributed by atoms with Crippen molar-refractivity contribution in [3.05, 3.63) is 17.8 Å². The predicted octanol–water partition coefficient (Wildman–Crippen LogP) is 0.967. The lowest BCUT2D eigenvalue weighted by Crippen LogP contribution is -2.16. The lowest BCUT2D eigenvalue weighted by atomic mass is 10.1. The van der Waals surface area contributed by atoms with Gasteiger partial charge in [0.25, 0.3) is 0 Å². The third-order valence-electron chi connectivity index (χ3n) is 2.55. The summed E-state index contributed by atoms with van der Waals surface area (Å²) in [5.41, 5.74) is 1.06. The molecule has 1 aromatic heterocycles. The van der Waals surface area contributed by atoms with Gasteiger partial charge in [-0.05, 0) is 31.5 Å². The predicted molar refractivity (Wildman–Crippen MR) is 56.3 cm³/mol. The molecule has 0 saturated carbocycles. The molecular weight excluding hydrogens is 176 g/mol. The van der Waals surface area contributed by atoms with Crippen molar-refractivity contribution in [3.63, 3.8) is 0 Å². The highest BCUT2D eigenvalue weighted by atomic mass is 15.2. The average molecular weight is 192 g/mol. The number of anilines is 1. The minimum absolute atomic E-state index is 0.415. The molecule has 1 aromatic rings. The van der Waals surface area contributed by atoms with Gasteiger partial charge in [-0.25, -0.2) is 0 Å². The van der Waals surface area contributed by atoms with Crippen molar-refractivity contribution in [1.82, 2.24) is 15.5 Å². The third kappa shape index (κ3) is 1.85. The van der Waals surface area contributed by atoms with Crippen molar-refractivity contribution in [2.24, 2.45) is 0 Å². The van der Waals surface area contributed by atoms with E-state index in [4.69, 9.17) is 0 Å². The normalized spacial score (nSPS) is 21.1. The average Bonchev–Trinajstić information content (AvgIpc) is 2.71. The Labute approximate surface area is 84.3 Å². The van der Waals surface area contributed by atoms with Crippen molar-refractivity contribution in [2.75, 3.05) is 25.5 Å². The van der Waals surface area contributed by atoms with Gasteiger partial charge in [0, 0.05) is 14.1 Å². The number of aromatic nitrogens is 2. The fourth-order valence-electron chi connectivity index (χ4n) is 1.70. The molecule has 4 nitrogen and oxygen atoms in total. The van der Waals surface area contributed by atoms with E-state index in [0.717, 1.165) is 18.1 Å². The number of hydrogen-bond donors (Lipinski definition) is 1. The van der Waals surface area contributed by atoms with Crippen LogP contribution in [0.15, 0.2) is 12.1 Å². The maximum absolute atomic E-state index is 4.23. The Morgan fingerprint density at radius 3 is 2.71 bits per heavy atom. The monoisotopic (exact) mass is 192 g/mol. The van der Waals surface area contributed by atoms with Crippen LogP contribution in [0.25, 0.3) is 0 Å². The number of hydrogen-bond acceptors (Lipinski definition) is 4. The molecule has 1 aliphatic heterocycles. The van der Waals surface area contributed by atoms with Crippen molar-refractivity contribution in [1.29, 1.82) is 0 Å². The van der Waals surface area contributed by atoms with E-state index in [9.17, 15) is 0 Å². The fourth-order valence-corrected chi connectivity index (χ4v) is 1.70. The highest BCUT2D eigenvalue weighted by Gasteiger charge is 2.17. The van der Waals surface area contributed by atoms with Crippen LogP contribution < -0.4 is 10.2 Å². The van der Waals surface area contributed by atoms with Gasteiger partial charge < -0.3 is 10.2 Å². The Morgan fingerprint density at radius 1 is 1.36 bits per heavy atom. The van der Waals surface area contributed by atoms with Crippen LogP contribution >= 0.6 is 0 Å². The first-order valence-electron chi connectivity index (χ1n) is 5.02. The molecule has 2 rings (SSSR count). The van der Waals surface area contributed by atoms with E-state index in [2.05, 4.69) is 21.6 Å². The minimum Gasteiger partial charge on any atom is -0.361 e. The molecule has 4 heteroatoms. The standard InChI is InChI=1S/C10H16N4/c1-14(2)10-6-5-9(12-13-10)8-4-3-7-11-8/h5-6,8,11H,3-4,7H2,1-2H3/t8-/m0/s1. The summed E-state index contributed by atoms with van der Waals surface area (Å²) >= 11 is 0. The van der Waals surface area contributed by atoms with E-state index in [1.165, 1.54) is 12.8 Å². The molecule has 1 saturated heterocycles. The summed E-state index contributed by atoms with van der Waals surface area (Å²) in [7, 11) is 3.94. The van der Waals surface area contributed by atoms with Crippen molar-refractivity contribution in [3.8, 4) is 0 Å². The number of nitrogens with one attached hydrogen (secondary N) is 1. The summed E-state index contributed by atoms with van der Waals surface area (Å²) < 4.78 is 0. The maximum Gasteiger partial charge on any atom is 0.150 e. The van der Waals surface area contributed by atoms with Crippen LogP contribution in [0, 0.1) is 0 Å². The molecule has 0 unspecified atom stereocenters. The van der Waals surface area contributed by atoms with Gasteiger partial charge in [-0.2, -0.15) is 5.10 Å². The van der Waals surface area contributed by atoms with Crippen LogP contribution in [0.1, 0.15) is 24.6 Å². The molecule has 0 radical (unpaired) electrons. The molecule has 1 atom stereocenters. The Bertz CT molecular complexity index is 287. The van der Waals surface area contributed by atoms with E-state index in [1.54, 1.807) is 0 Å². The zero-order valence-electron chi connectivity index (χ0n) is 8.70. The number of nitrogens with zero attached hydrogens (tertiary/aromatic N) is 3. The Morgan fingerprint density at radius 2 is 2.21 bits per heavy atom. The van der Waals surface area contributed by atoms with E-state index in [0.29, 0.717) is 6.04 Å². The molecule has 76 valence electrons. The lowest BCUT2D eigenvalue weighted by Gasteiger charge is -2.12. The van der Waals surface area contributed by atoms with Crippen LogP contribution in [0.3, 0.4) is 0 Å². The summed E-state index contributed by atoms with van der Waals surface area (Å²) in [6.07, 6.45) is 2.41. The summed E-state index contributed by atoms with van der Waals surface area (Å²) in [4.78, 5) is 1.96. The Kier molecular flexibility index (Phi) is 2.63. The van der Waals surface area contributed by atoms with Gasteiger partial charge in [-0.15, -0.1) is 5.10 Å². The largest absolute Gasteiger partial charge is 0.361 e. The van der Waals surface area contributed by atoms with Crippen molar-refractivity contribution < 1.29 is 0 Å². The van der Waals surface area contributed by atoms with Gasteiger partial charge in [0.15, 0.2) is 5.82 Å². The maximum atomic E-state index is 4.23. The second-order valence-corrected chi connectivity index (χ2v) is 3.86. The van der Waals surface area contributed by atoms with Crippen LogP contribution in [-0.2, 0) is 0 Å².